The van der Waals surface area contributed by atoms with E-state index in [4.69, 9.17) is 26.1 Å². The molecule has 2 N–H and O–H groups in total. The monoisotopic (exact) mass is 642 g/mol. The molecule has 5 atom stereocenters. The van der Waals surface area contributed by atoms with Crippen molar-refractivity contribution in [2.24, 2.45) is 0 Å². The lowest BCUT2D eigenvalue weighted by Crippen LogP contribution is -2.56. The minimum absolute atomic E-state index is 0.0223. The number of pyridine rings is 1. The molecule has 8 rings (SSSR count). The number of rotatable bonds is 5. The third-order valence-electron chi connectivity index (χ3n) is 10.8. The van der Waals surface area contributed by atoms with Crippen molar-refractivity contribution in [3.63, 3.8) is 0 Å². The van der Waals surface area contributed by atoms with Gasteiger partial charge in [-0.2, -0.15) is 9.97 Å². The van der Waals surface area contributed by atoms with Crippen LogP contribution < -0.4 is 15.0 Å². The highest BCUT2D eigenvalue weighted by Crippen LogP contribution is 2.45. The first-order chi connectivity index (χ1) is 22.7. The van der Waals surface area contributed by atoms with Gasteiger partial charge in [-0.1, -0.05) is 25.8 Å². The number of piperazine rings is 1. The molecule has 0 unspecified atom stereocenters. The van der Waals surface area contributed by atoms with Crippen LogP contribution in [0.5, 0.6) is 11.8 Å². The minimum atomic E-state index is -0.918. The molecule has 8 nitrogen and oxygen atoms in total. The quantitative estimate of drug-likeness (QED) is 0.263. The molecule has 3 saturated heterocycles. The number of terminal acetylenes is 1. The van der Waals surface area contributed by atoms with Gasteiger partial charge in [0.15, 0.2) is 5.82 Å². The number of alkyl halides is 1. The molecule has 4 aliphatic heterocycles. The SMILES string of the molecule is C#Cc1c(F)ccc2cc(O)cc(-c3nc4c5c(nc(OC[C@@]67CCCN6C[C@H](F)C7)nc5c3F)N3C[C@@H](CC)NC[C@H]3C[C@@H]4C)c12. The first-order valence-electron chi connectivity index (χ1n) is 16.5. The van der Waals surface area contributed by atoms with Crippen molar-refractivity contribution in [1.82, 2.24) is 25.2 Å². The molecule has 0 spiro atoms. The lowest BCUT2D eigenvalue weighted by Gasteiger charge is -2.41. The zero-order valence-corrected chi connectivity index (χ0v) is 26.5. The third-order valence-corrected chi connectivity index (χ3v) is 10.8. The summed E-state index contributed by atoms with van der Waals surface area (Å²) in [6.45, 7) is 6.99. The van der Waals surface area contributed by atoms with Crippen molar-refractivity contribution in [3.05, 3.63) is 47.2 Å². The lowest BCUT2D eigenvalue weighted by molar-refractivity contribution is 0.107. The molecule has 244 valence electrons. The van der Waals surface area contributed by atoms with E-state index in [2.05, 4.69) is 34.9 Å². The Labute approximate surface area is 271 Å². The first kappa shape index (κ1) is 30.2. The molecule has 3 fully saturated rings. The predicted molar refractivity (Wildman–Crippen MR) is 175 cm³/mol. The summed E-state index contributed by atoms with van der Waals surface area (Å²) in [5.41, 5.74) is 0.269. The average molecular weight is 643 g/mol. The summed E-state index contributed by atoms with van der Waals surface area (Å²) in [6.07, 6.45) is 8.64. The predicted octanol–water partition coefficient (Wildman–Crippen LogP) is 5.83. The normalized spacial score (nSPS) is 27.1. The van der Waals surface area contributed by atoms with Crippen molar-refractivity contribution in [2.45, 2.75) is 75.7 Å². The fourth-order valence-electron chi connectivity index (χ4n) is 8.50. The van der Waals surface area contributed by atoms with Crippen LogP contribution in [0.1, 0.15) is 63.1 Å². The molecule has 6 heterocycles. The van der Waals surface area contributed by atoms with Crippen LogP contribution >= 0.6 is 0 Å². The number of nitrogens with zero attached hydrogens (tertiary/aromatic N) is 5. The Balaban J connectivity index is 1.35. The van der Waals surface area contributed by atoms with Crippen LogP contribution in [-0.4, -0.2) is 81.5 Å². The number of ether oxygens (including phenoxy) is 1. The molecular weight excluding hydrogens is 605 g/mol. The zero-order chi connectivity index (χ0) is 32.6. The number of phenolic OH excluding ortho intramolecular Hbond substituents is 1. The number of fused-ring (bicyclic) bond motifs is 4. The van der Waals surface area contributed by atoms with E-state index in [0.29, 0.717) is 41.8 Å². The van der Waals surface area contributed by atoms with Crippen LogP contribution in [0.2, 0.25) is 0 Å². The van der Waals surface area contributed by atoms with Crippen molar-refractivity contribution in [3.8, 4) is 35.4 Å². The Morgan fingerprint density at radius 2 is 2.02 bits per heavy atom. The number of phenols is 1. The van der Waals surface area contributed by atoms with Crippen LogP contribution in [0, 0.1) is 24.0 Å². The van der Waals surface area contributed by atoms with Gasteiger partial charge in [-0.05, 0) is 55.8 Å². The number of aromatic nitrogens is 3. The van der Waals surface area contributed by atoms with Gasteiger partial charge in [0.1, 0.15) is 41.4 Å². The molecule has 4 aromatic rings. The van der Waals surface area contributed by atoms with E-state index in [-0.39, 0.29) is 64.1 Å². The molecule has 0 saturated carbocycles. The third kappa shape index (κ3) is 4.79. The highest BCUT2D eigenvalue weighted by Gasteiger charge is 2.49. The molecule has 0 aliphatic carbocycles. The van der Waals surface area contributed by atoms with Gasteiger partial charge >= 0.3 is 6.01 Å². The van der Waals surface area contributed by atoms with Crippen LogP contribution in [-0.2, 0) is 0 Å². The minimum Gasteiger partial charge on any atom is -0.508 e. The van der Waals surface area contributed by atoms with E-state index < -0.39 is 23.3 Å². The lowest BCUT2D eigenvalue weighted by atomic mass is 9.93. The Morgan fingerprint density at radius 3 is 2.83 bits per heavy atom. The maximum atomic E-state index is 17.2. The van der Waals surface area contributed by atoms with Crippen LogP contribution in [0.3, 0.4) is 0 Å². The summed E-state index contributed by atoms with van der Waals surface area (Å²) in [5, 5.41) is 15.6. The van der Waals surface area contributed by atoms with Crippen LogP contribution in [0.4, 0.5) is 19.0 Å². The van der Waals surface area contributed by atoms with Crippen molar-refractivity contribution in [1.29, 1.82) is 0 Å². The van der Waals surface area contributed by atoms with Gasteiger partial charge in [-0.3, -0.25) is 4.90 Å². The van der Waals surface area contributed by atoms with E-state index in [9.17, 15) is 9.50 Å². The van der Waals surface area contributed by atoms with Gasteiger partial charge in [-0.15, -0.1) is 6.42 Å². The maximum absolute atomic E-state index is 17.2. The Hall–Kier alpha value is -4.14. The highest BCUT2D eigenvalue weighted by molar-refractivity contribution is 6.03. The molecule has 0 bridgehead atoms. The Kier molecular flexibility index (Phi) is 7.22. The topological polar surface area (TPSA) is 86.6 Å². The maximum Gasteiger partial charge on any atom is 0.319 e. The van der Waals surface area contributed by atoms with E-state index in [1.807, 2.05) is 0 Å². The Bertz CT molecular complexity index is 1970. The van der Waals surface area contributed by atoms with E-state index in [1.165, 1.54) is 24.3 Å². The number of nitrogens with one attached hydrogen (secondary N) is 1. The van der Waals surface area contributed by atoms with Gasteiger partial charge < -0.3 is 20.1 Å². The molecule has 0 radical (unpaired) electrons. The number of anilines is 1. The van der Waals surface area contributed by atoms with Gasteiger partial charge in [-0.25, -0.2) is 18.2 Å². The summed E-state index contributed by atoms with van der Waals surface area (Å²) in [6, 6.07) is 5.88. The van der Waals surface area contributed by atoms with Gasteiger partial charge in [0.2, 0.25) is 0 Å². The van der Waals surface area contributed by atoms with E-state index in [0.717, 1.165) is 38.8 Å². The second kappa shape index (κ2) is 11.2. The number of halogens is 3. The highest BCUT2D eigenvalue weighted by atomic mass is 19.1. The standard InChI is InChI=1S/C36H37F3N6O2/c1-4-22-17-45-23(15-40-22)11-19(3)31-29-33(42-35(43-34(29)45)47-18-36-9-6-10-44(36)16-21(37)14-36)30(39)32(41-31)26-13-24(46)12-20-7-8-27(38)25(5-2)28(20)26/h2,7-8,12-13,19,21-23,40,46H,4,6,9-11,14-18H2,1,3H3/t19-,21+,22+,23+,36-/m0/s1. The zero-order valence-electron chi connectivity index (χ0n) is 26.5. The first-order valence-corrected chi connectivity index (χ1v) is 16.5. The summed E-state index contributed by atoms with van der Waals surface area (Å²) in [5.74, 6) is 1.37. The molecular formula is C36H37F3N6O2. The molecule has 0 amide bonds. The van der Waals surface area contributed by atoms with Crippen molar-refractivity contribution >= 4 is 27.5 Å². The average Bonchev–Trinajstić information content (AvgIpc) is 3.55. The van der Waals surface area contributed by atoms with Crippen LogP contribution in [0.15, 0.2) is 24.3 Å². The number of aromatic hydroxyl groups is 1. The van der Waals surface area contributed by atoms with Crippen molar-refractivity contribution < 1.29 is 23.0 Å². The summed E-state index contributed by atoms with van der Waals surface area (Å²) < 4.78 is 53.1. The number of hydrogen-bond donors (Lipinski definition) is 2. The molecule has 2 aromatic carbocycles. The van der Waals surface area contributed by atoms with Gasteiger partial charge in [0.25, 0.3) is 0 Å². The van der Waals surface area contributed by atoms with E-state index >= 15 is 8.78 Å². The fourth-order valence-corrected chi connectivity index (χ4v) is 8.50. The fraction of sp³-hybridized carbons (Fsp3) is 0.472. The van der Waals surface area contributed by atoms with Gasteiger partial charge in [0.05, 0.1) is 22.2 Å². The molecule has 4 aliphatic rings. The van der Waals surface area contributed by atoms with Gasteiger partial charge in [0, 0.05) is 55.0 Å². The second-order valence-corrected chi connectivity index (χ2v) is 13.7. The summed E-state index contributed by atoms with van der Waals surface area (Å²) in [7, 11) is 0. The van der Waals surface area contributed by atoms with Crippen molar-refractivity contribution in [2.75, 3.05) is 37.7 Å². The summed E-state index contributed by atoms with van der Waals surface area (Å²) >= 11 is 0. The largest absolute Gasteiger partial charge is 0.508 e. The van der Waals surface area contributed by atoms with Crippen LogP contribution in [0.25, 0.3) is 32.9 Å². The molecule has 2 aromatic heterocycles. The molecule has 11 heteroatoms. The summed E-state index contributed by atoms with van der Waals surface area (Å²) in [4.78, 5) is 19.0. The number of hydrogen-bond acceptors (Lipinski definition) is 8. The second-order valence-electron chi connectivity index (χ2n) is 13.7. The smallest absolute Gasteiger partial charge is 0.319 e. The number of benzene rings is 2. The van der Waals surface area contributed by atoms with E-state index in [1.54, 1.807) is 0 Å². The Morgan fingerprint density at radius 1 is 1.17 bits per heavy atom. The molecule has 47 heavy (non-hydrogen) atoms.